The lowest BCUT2D eigenvalue weighted by atomic mass is 10.1. The van der Waals surface area contributed by atoms with E-state index in [1.807, 2.05) is 66.4 Å². The molecule has 0 atom stereocenters. The Labute approximate surface area is 205 Å². The second-order valence-corrected chi connectivity index (χ2v) is 8.92. The summed E-state index contributed by atoms with van der Waals surface area (Å²) in [6, 6.07) is 17.8. The van der Waals surface area contributed by atoms with E-state index in [1.165, 1.54) is 0 Å². The lowest BCUT2D eigenvalue weighted by Gasteiger charge is -2.24. The molecule has 35 heavy (non-hydrogen) atoms. The van der Waals surface area contributed by atoms with Crippen molar-refractivity contribution in [3.8, 4) is 11.3 Å². The fourth-order valence-corrected chi connectivity index (χ4v) is 4.49. The molecule has 0 unspecified atom stereocenters. The van der Waals surface area contributed by atoms with E-state index in [4.69, 9.17) is 9.51 Å². The van der Waals surface area contributed by atoms with Gasteiger partial charge in [0.2, 0.25) is 0 Å². The number of hydrogen-bond donors (Lipinski definition) is 1. The Kier molecular flexibility index (Phi) is 6.61. The lowest BCUT2D eigenvalue weighted by molar-refractivity contribution is 0.215. The number of amides is 2. The van der Waals surface area contributed by atoms with Crippen LogP contribution in [0.5, 0.6) is 0 Å². The topological polar surface area (TPSA) is 87.4 Å². The highest BCUT2D eigenvalue weighted by atomic mass is 16.5. The van der Waals surface area contributed by atoms with Crippen LogP contribution in [0.1, 0.15) is 31.2 Å². The standard InChI is InChI=1S/C27H30N6O2/c1-3-9-22-29-25(23-24(31-35-26(23)30-22)20-11-5-4-6-12-20)32-14-8-15-33(17-16-32)27(34)28-21-13-7-10-19(2)18-21/h4-7,10-13,18H,3,8-9,14-17H2,1-2H3,(H,28,34). The van der Waals surface area contributed by atoms with Gasteiger partial charge < -0.3 is 19.6 Å². The maximum atomic E-state index is 13.0. The van der Waals surface area contributed by atoms with Crippen molar-refractivity contribution in [3.63, 3.8) is 0 Å². The van der Waals surface area contributed by atoms with E-state index in [1.54, 1.807) is 0 Å². The summed E-state index contributed by atoms with van der Waals surface area (Å²) >= 11 is 0. The molecule has 3 heterocycles. The van der Waals surface area contributed by atoms with Crippen LogP contribution >= 0.6 is 0 Å². The van der Waals surface area contributed by atoms with Crippen LogP contribution in [0.4, 0.5) is 16.3 Å². The summed E-state index contributed by atoms with van der Waals surface area (Å²) in [6.45, 7) is 6.85. The van der Waals surface area contributed by atoms with Gasteiger partial charge in [-0.2, -0.15) is 4.98 Å². The van der Waals surface area contributed by atoms with Crippen molar-refractivity contribution in [2.24, 2.45) is 0 Å². The van der Waals surface area contributed by atoms with Gasteiger partial charge in [0.25, 0.3) is 5.71 Å². The molecule has 2 aromatic carbocycles. The number of nitrogens with zero attached hydrogens (tertiary/aromatic N) is 5. The van der Waals surface area contributed by atoms with E-state index < -0.39 is 0 Å². The Morgan fingerprint density at radius 1 is 1.03 bits per heavy atom. The minimum Gasteiger partial charge on any atom is -0.354 e. The number of hydrogen-bond acceptors (Lipinski definition) is 6. The molecule has 5 rings (SSSR count). The van der Waals surface area contributed by atoms with E-state index in [2.05, 4.69) is 27.3 Å². The van der Waals surface area contributed by atoms with Gasteiger partial charge in [0, 0.05) is 43.9 Å². The Morgan fingerprint density at radius 2 is 1.89 bits per heavy atom. The van der Waals surface area contributed by atoms with Crippen molar-refractivity contribution in [1.82, 2.24) is 20.0 Å². The van der Waals surface area contributed by atoms with E-state index in [-0.39, 0.29) is 6.03 Å². The smallest absolute Gasteiger partial charge is 0.321 e. The maximum Gasteiger partial charge on any atom is 0.321 e. The monoisotopic (exact) mass is 470 g/mol. The molecular formula is C27H30N6O2. The van der Waals surface area contributed by atoms with Gasteiger partial charge in [-0.05, 0) is 37.5 Å². The van der Waals surface area contributed by atoms with Crippen molar-refractivity contribution in [1.29, 1.82) is 0 Å². The zero-order valence-electron chi connectivity index (χ0n) is 20.2. The van der Waals surface area contributed by atoms with E-state index >= 15 is 0 Å². The van der Waals surface area contributed by atoms with E-state index in [0.717, 1.165) is 65.3 Å². The lowest BCUT2D eigenvalue weighted by Crippen LogP contribution is -2.38. The average molecular weight is 471 g/mol. The number of anilines is 2. The number of aryl methyl sites for hydroxylation is 2. The molecule has 1 fully saturated rings. The number of nitrogens with one attached hydrogen (secondary N) is 1. The zero-order valence-corrected chi connectivity index (χ0v) is 20.2. The maximum absolute atomic E-state index is 13.0. The van der Waals surface area contributed by atoms with Crippen LogP contribution in [-0.2, 0) is 6.42 Å². The first-order valence-electron chi connectivity index (χ1n) is 12.2. The van der Waals surface area contributed by atoms with Crippen LogP contribution in [0.15, 0.2) is 59.1 Å². The van der Waals surface area contributed by atoms with Crippen LogP contribution in [-0.4, -0.2) is 52.2 Å². The summed E-state index contributed by atoms with van der Waals surface area (Å²) in [5.74, 6) is 1.59. The second kappa shape index (κ2) is 10.1. The Bertz CT molecular complexity index is 1320. The summed E-state index contributed by atoms with van der Waals surface area (Å²) in [5, 5.41) is 8.23. The predicted molar refractivity (Wildman–Crippen MR) is 138 cm³/mol. The first-order chi connectivity index (χ1) is 17.1. The molecule has 1 aliphatic heterocycles. The van der Waals surface area contributed by atoms with Crippen molar-refractivity contribution < 1.29 is 9.32 Å². The Morgan fingerprint density at radius 3 is 2.69 bits per heavy atom. The van der Waals surface area contributed by atoms with E-state index in [0.29, 0.717) is 25.3 Å². The third-order valence-electron chi connectivity index (χ3n) is 6.24. The molecule has 2 amide bonds. The molecule has 8 nitrogen and oxygen atoms in total. The van der Waals surface area contributed by atoms with Crippen LogP contribution < -0.4 is 10.2 Å². The minimum absolute atomic E-state index is 0.0769. The van der Waals surface area contributed by atoms with Gasteiger partial charge in [-0.15, -0.1) is 0 Å². The molecule has 1 saturated heterocycles. The normalized spacial score (nSPS) is 14.2. The van der Waals surface area contributed by atoms with Gasteiger partial charge in [0.05, 0.1) is 0 Å². The van der Waals surface area contributed by atoms with Crippen LogP contribution in [0.3, 0.4) is 0 Å². The Hall–Kier alpha value is -3.94. The number of rotatable bonds is 5. The molecule has 0 aliphatic carbocycles. The number of fused-ring (bicyclic) bond motifs is 1. The molecule has 0 saturated carbocycles. The van der Waals surface area contributed by atoms with Gasteiger partial charge in [0.1, 0.15) is 22.7 Å². The SMILES string of the molecule is CCCc1nc(N2CCCN(C(=O)Nc3cccc(C)c3)CC2)c2c(-c3ccccc3)noc2n1. The van der Waals surface area contributed by atoms with Crippen molar-refractivity contribution >= 4 is 28.6 Å². The van der Waals surface area contributed by atoms with Crippen molar-refractivity contribution in [3.05, 3.63) is 66.0 Å². The van der Waals surface area contributed by atoms with Gasteiger partial charge in [0.15, 0.2) is 0 Å². The molecule has 180 valence electrons. The summed E-state index contributed by atoms with van der Waals surface area (Å²) < 4.78 is 5.69. The van der Waals surface area contributed by atoms with Crippen LogP contribution in [0, 0.1) is 6.92 Å². The Balaban J connectivity index is 1.42. The molecule has 8 heteroatoms. The number of benzene rings is 2. The molecule has 1 aliphatic rings. The minimum atomic E-state index is -0.0769. The second-order valence-electron chi connectivity index (χ2n) is 8.92. The molecule has 4 aromatic rings. The first kappa shape index (κ1) is 22.8. The van der Waals surface area contributed by atoms with Gasteiger partial charge in [-0.25, -0.2) is 9.78 Å². The third-order valence-corrected chi connectivity index (χ3v) is 6.24. The summed E-state index contributed by atoms with van der Waals surface area (Å²) in [5.41, 5.74) is 4.15. The van der Waals surface area contributed by atoms with Gasteiger partial charge >= 0.3 is 6.03 Å². The predicted octanol–water partition coefficient (Wildman–Crippen LogP) is 5.29. The summed E-state index contributed by atoms with van der Waals surface area (Å²) in [6.07, 6.45) is 2.54. The average Bonchev–Trinajstić information content (AvgIpc) is 3.13. The molecule has 1 N–H and O–H groups in total. The van der Waals surface area contributed by atoms with Crippen molar-refractivity contribution in [2.75, 3.05) is 36.4 Å². The number of carbonyl (C=O) groups excluding carboxylic acids is 1. The number of carbonyl (C=O) groups is 1. The highest BCUT2D eigenvalue weighted by Crippen LogP contribution is 2.34. The molecule has 0 radical (unpaired) electrons. The van der Waals surface area contributed by atoms with Gasteiger partial charge in [-0.3, -0.25) is 0 Å². The molecule has 0 spiro atoms. The summed E-state index contributed by atoms with van der Waals surface area (Å²) in [7, 11) is 0. The highest BCUT2D eigenvalue weighted by Gasteiger charge is 2.25. The van der Waals surface area contributed by atoms with Crippen LogP contribution in [0.25, 0.3) is 22.4 Å². The fraction of sp³-hybridized carbons (Fsp3) is 0.333. The largest absolute Gasteiger partial charge is 0.354 e. The van der Waals surface area contributed by atoms with E-state index in [9.17, 15) is 4.79 Å². The first-order valence-corrected chi connectivity index (χ1v) is 12.2. The molecule has 2 aromatic heterocycles. The quantitative estimate of drug-likeness (QED) is 0.426. The number of urea groups is 1. The third kappa shape index (κ3) is 4.96. The molecule has 0 bridgehead atoms. The van der Waals surface area contributed by atoms with Gasteiger partial charge in [-0.1, -0.05) is 54.5 Å². The highest BCUT2D eigenvalue weighted by molar-refractivity contribution is 5.98. The fourth-order valence-electron chi connectivity index (χ4n) is 4.49. The summed E-state index contributed by atoms with van der Waals surface area (Å²) in [4.78, 5) is 26.7. The number of aromatic nitrogens is 3. The zero-order chi connectivity index (χ0) is 24.2. The van der Waals surface area contributed by atoms with Crippen LogP contribution in [0.2, 0.25) is 0 Å². The molecular weight excluding hydrogens is 440 g/mol. The van der Waals surface area contributed by atoms with Crippen molar-refractivity contribution in [2.45, 2.75) is 33.1 Å².